The summed E-state index contributed by atoms with van der Waals surface area (Å²) in [6.07, 6.45) is 0. The van der Waals surface area contributed by atoms with Crippen LogP contribution >= 0.6 is 0 Å². The molecule has 1 rings (SSSR count). The minimum Gasteiger partial charge on any atom is -0.342 e. The Bertz CT molecular complexity index is 134. The molecular formula is C7H16N2O. The van der Waals surface area contributed by atoms with Crippen LogP contribution in [0.2, 0.25) is 0 Å². The van der Waals surface area contributed by atoms with E-state index in [1.165, 1.54) is 0 Å². The van der Waals surface area contributed by atoms with E-state index >= 15 is 0 Å². The molecule has 1 amide bonds. The highest BCUT2D eigenvalue weighted by molar-refractivity contribution is 5.74. The zero-order valence-electron chi connectivity index (χ0n) is 6.55. The van der Waals surface area contributed by atoms with Crippen molar-refractivity contribution in [2.45, 2.75) is 6.92 Å². The number of hydrogen-bond acceptors (Lipinski definition) is 2. The van der Waals surface area contributed by atoms with Crippen LogP contribution in [0.25, 0.3) is 0 Å². The first-order valence-corrected chi connectivity index (χ1v) is 3.64. The molecule has 1 saturated heterocycles. The van der Waals surface area contributed by atoms with Crippen molar-refractivity contribution in [1.82, 2.24) is 10.2 Å². The Kier molecular flexibility index (Phi) is 2.27. The van der Waals surface area contributed by atoms with Crippen LogP contribution in [0, 0.1) is 5.92 Å². The highest BCUT2D eigenvalue weighted by Crippen LogP contribution is 2.13. The first-order valence-electron chi connectivity index (χ1n) is 3.64. The van der Waals surface area contributed by atoms with Gasteiger partial charge in [0.1, 0.15) is 0 Å². The van der Waals surface area contributed by atoms with Crippen molar-refractivity contribution in [2.24, 2.45) is 5.92 Å². The molecule has 10 heavy (non-hydrogen) atoms. The van der Waals surface area contributed by atoms with Crippen molar-refractivity contribution < 1.29 is 6.22 Å². The topological polar surface area (TPSA) is 32.3 Å². The first-order chi connectivity index (χ1) is 4.74. The van der Waals surface area contributed by atoms with E-state index in [2.05, 4.69) is 5.32 Å². The average molecular weight is 144 g/mol. The molecule has 0 aliphatic carbocycles. The van der Waals surface area contributed by atoms with Crippen LogP contribution in [-0.4, -0.2) is 37.5 Å². The molecule has 0 atom stereocenters. The first kappa shape index (κ1) is 7.54. The number of likely N-dealkylation sites (tertiary alicyclic amines) is 1. The third-order valence-electron chi connectivity index (χ3n) is 1.90. The predicted molar refractivity (Wildman–Crippen MR) is 41.8 cm³/mol. The zero-order valence-corrected chi connectivity index (χ0v) is 6.55. The van der Waals surface area contributed by atoms with Gasteiger partial charge in [-0.2, -0.15) is 0 Å². The summed E-state index contributed by atoms with van der Waals surface area (Å²) in [7, 11) is 1.94. The molecule has 0 spiro atoms. The summed E-state index contributed by atoms with van der Waals surface area (Å²) in [4.78, 5) is 12.5. The molecule has 60 valence electrons. The summed E-state index contributed by atoms with van der Waals surface area (Å²) in [6, 6.07) is 0. The van der Waals surface area contributed by atoms with Gasteiger partial charge in [-0.3, -0.25) is 4.79 Å². The second-order valence-electron chi connectivity index (χ2n) is 2.85. The van der Waals surface area contributed by atoms with Crippen LogP contribution in [0.3, 0.4) is 0 Å². The quantitative estimate of drug-likeness (QED) is 0.588. The molecule has 0 bridgehead atoms. The molecule has 0 aromatic rings. The maximum atomic E-state index is 10.7. The summed E-state index contributed by atoms with van der Waals surface area (Å²) >= 11 is 0. The summed E-state index contributed by atoms with van der Waals surface area (Å²) in [5, 5.41) is 3.09. The lowest BCUT2D eigenvalue weighted by atomic mass is 10.0. The standard InChI is InChI=1S/C7H14N2O.H2/c1-6(10)9-4-7(5-9)3-8-2;/h7-8H,3-5H2,1-2H3;1H. The summed E-state index contributed by atoms with van der Waals surface area (Å²) < 4.78 is 0. The highest BCUT2D eigenvalue weighted by atomic mass is 16.2. The highest BCUT2D eigenvalue weighted by Gasteiger charge is 2.27. The number of carbonyl (C=O) groups is 1. The second-order valence-corrected chi connectivity index (χ2v) is 2.85. The number of carbonyl (C=O) groups excluding carboxylic acids is 1. The lowest BCUT2D eigenvalue weighted by molar-refractivity contribution is -0.134. The van der Waals surface area contributed by atoms with E-state index in [1.54, 1.807) is 6.92 Å². The third-order valence-corrected chi connectivity index (χ3v) is 1.90. The van der Waals surface area contributed by atoms with E-state index in [0.29, 0.717) is 5.92 Å². The number of nitrogens with zero attached hydrogens (tertiary/aromatic N) is 1. The second kappa shape index (κ2) is 3.01. The van der Waals surface area contributed by atoms with Gasteiger partial charge >= 0.3 is 0 Å². The van der Waals surface area contributed by atoms with Gasteiger partial charge in [0.15, 0.2) is 0 Å². The van der Waals surface area contributed by atoms with Crippen LogP contribution in [0.5, 0.6) is 0 Å². The van der Waals surface area contributed by atoms with Gasteiger partial charge < -0.3 is 10.2 Å². The van der Waals surface area contributed by atoms with Gasteiger partial charge in [0.05, 0.1) is 0 Å². The molecule has 1 fully saturated rings. The number of amides is 1. The van der Waals surface area contributed by atoms with Gasteiger partial charge in [0.25, 0.3) is 0 Å². The van der Waals surface area contributed by atoms with Crippen molar-refractivity contribution >= 4 is 5.91 Å². The van der Waals surface area contributed by atoms with Gasteiger partial charge in [-0.05, 0) is 7.05 Å². The fraction of sp³-hybridized carbons (Fsp3) is 0.857. The van der Waals surface area contributed by atoms with E-state index in [1.807, 2.05) is 11.9 Å². The maximum absolute atomic E-state index is 10.7. The van der Waals surface area contributed by atoms with Gasteiger partial charge in [-0.15, -0.1) is 0 Å². The SMILES string of the molecule is CNCC1CN(C(C)=O)C1.[HH]. The smallest absolute Gasteiger partial charge is 0.219 e. The van der Waals surface area contributed by atoms with Crippen molar-refractivity contribution in [2.75, 3.05) is 26.7 Å². The summed E-state index contributed by atoms with van der Waals surface area (Å²) in [6.45, 7) is 4.53. The van der Waals surface area contributed by atoms with E-state index in [4.69, 9.17) is 0 Å². The average Bonchev–Trinajstić information content (AvgIpc) is 1.76. The Labute approximate surface area is 62.9 Å². The van der Waals surface area contributed by atoms with E-state index < -0.39 is 0 Å². The molecule has 0 saturated carbocycles. The zero-order chi connectivity index (χ0) is 7.56. The van der Waals surface area contributed by atoms with Gasteiger partial charge in [-0.25, -0.2) is 0 Å². The fourth-order valence-electron chi connectivity index (χ4n) is 1.24. The third kappa shape index (κ3) is 1.48. The monoisotopic (exact) mass is 144 g/mol. The summed E-state index contributed by atoms with van der Waals surface area (Å²) in [5.41, 5.74) is 0. The molecule has 1 aliphatic rings. The van der Waals surface area contributed by atoms with E-state index in [-0.39, 0.29) is 7.33 Å². The van der Waals surface area contributed by atoms with Crippen LogP contribution in [0.15, 0.2) is 0 Å². The molecule has 0 aromatic heterocycles. The Morgan fingerprint density at radius 2 is 2.40 bits per heavy atom. The van der Waals surface area contributed by atoms with Crippen molar-refractivity contribution in [3.63, 3.8) is 0 Å². The van der Waals surface area contributed by atoms with Gasteiger partial charge in [0.2, 0.25) is 5.91 Å². The largest absolute Gasteiger partial charge is 0.342 e. The van der Waals surface area contributed by atoms with Crippen molar-refractivity contribution in [1.29, 1.82) is 0 Å². The summed E-state index contributed by atoms with van der Waals surface area (Å²) in [5.74, 6) is 0.890. The molecule has 3 nitrogen and oxygen atoms in total. The van der Waals surface area contributed by atoms with Crippen LogP contribution in [0.1, 0.15) is 8.35 Å². The maximum Gasteiger partial charge on any atom is 0.219 e. The lowest BCUT2D eigenvalue weighted by Gasteiger charge is -2.38. The van der Waals surface area contributed by atoms with E-state index in [0.717, 1.165) is 19.6 Å². The molecule has 0 aromatic carbocycles. The van der Waals surface area contributed by atoms with Crippen molar-refractivity contribution in [3.05, 3.63) is 0 Å². The fourth-order valence-corrected chi connectivity index (χ4v) is 1.24. The molecule has 1 aliphatic heterocycles. The Morgan fingerprint density at radius 1 is 1.80 bits per heavy atom. The van der Waals surface area contributed by atoms with E-state index in [9.17, 15) is 4.79 Å². The van der Waals surface area contributed by atoms with Crippen LogP contribution < -0.4 is 5.32 Å². The Morgan fingerprint density at radius 3 is 2.80 bits per heavy atom. The molecular weight excluding hydrogens is 128 g/mol. The molecule has 1 heterocycles. The van der Waals surface area contributed by atoms with Crippen LogP contribution in [-0.2, 0) is 4.79 Å². The Hall–Kier alpha value is -0.570. The Balaban J connectivity index is 0.000001000. The molecule has 0 unspecified atom stereocenters. The van der Waals surface area contributed by atoms with Crippen LogP contribution in [0.4, 0.5) is 0 Å². The molecule has 0 radical (unpaired) electrons. The number of hydrogen-bond donors (Lipinski definition) is 1. The van der Waals surface area contributed by atoms with Crippen molar-refractivity contribution in [3.8, 4) is 0 Å². The number of rotatable bonds is 2. The van der Waals surface area contributed by atoms with Gasteiger partial charge in [-0.1, -0.05) is 0 Å². The minimum absolute atomic E-state index is 0. The molecule has 1 N–H and O–H groups in total. The molecule has 3 heteroatoms. The predicted octanol–water partition coefficient (Wildman–Crippen LogP) is -0.0699. The lowest BCUT2D eigenvalue weighted by Crippen LogP contribution is -2.52. The number of nitrogens with one attached hydrogen (secondary N) is 1. The normalized spacial score (nSPS) is 18.8. The van der Waals surface area contributed by atoms with Gasteiger partial charge in [0, 0.05) is 33.9 Å². The minimum atomic E-state index is 0.